The molecule has 0 saturated carbocycles. The lowest BCUT2D eigenvalue weighted by molar-refractivity contribution is 0.0635. The van der Waals surface area contributed by atoms with Gasteiger partial charge in [-0.15, -0.1) is 11.3 Å². The molecule has 2 aromatic rings. The first kappa shape index (κ1) is 16.3. The van der Waals surface area contributed by atoms with E-state index in [1.165, 1.54) is 0 Å². The Hall–Kier alpha value is -2.06. The Morgan fingerprint density at radius 3 is 2.86 bits per heavy atom. The molecule has 1 amide bonds. The van der Waals surface area contributed by atoms with Gasteiger partial charge in [-0.25, -0.2) is 4.79 Å². The summed E-state index contributed by atoms with van der Waals surface area (Å²) in [7, 11) is 0. The zero-order valence-electron chi connectivity index (χ0n) is 12.9. The molecule has 0 unspecified atom stereocenters. The highest BCUT2D eigenvalue weighted by Crippen LogP contribution is 2.19. The van der Waals surface area contributed by atoms with Crippen LogP contribution >= 0.6 is 11.3 Å². The van der Waals surface area contributed by atoms with Gasteiger partial charge >= 0.3 is 6.09 Å². The number of aromatic amines is 1. The van der Waals surface area contributed by atoms with Crippen LogP contribution in [0.1, 0.15) is 31.2 Å². The van der Waals surface area contributed by atoms with Crippen LogP contribution in [-0.4, -0.2) is 21.9 Å². The number of H-pyrrole nitrogens is 1. The molecule has 0 aliphatic heterocycles. The van der Waals surface area contributed by atoms with Gasteiger partial charge in [0, 0.05) is 29.2 Å². The van der Waals surface area contributed by atoms with Crippen LogP contribution < -0.4 is 16.4 Å². The highest BCUT2D eigenvalue weighted by molar-refractivity contribution is 7.10. The summed E-state index contributed by atoms with van der Waals surface area (Å²) >= 11 is 1.61. The lowest BCUT2D eigenvalue weighted by Gasteiger charge is -2.19. The van der Waals surface area contributed by atoms with E-state index in [0.717, 1.165) is 16.1 Å². The fourth-order valence-electron chi connectivity index (χ4n) is 1.76. The number of carbonyl (C=O) groups is 1. The second-order valence-electron chi connectivity index (χ2n) is 5.80. The maximum absolute atomic E-state index is 11.8. The summed E-state index contributed by atoms with van der Waals surface area (Å²) in [5.41, 5.74) is 6.93. The Labute approximate surface area is 133 Å². The van der Waals surface area contributed by atoms with Crippen LogP contribution in [0, 0.1) is 0 Å². The Balaban J connectivity index is 1.87. The molecule has 0 bridgehead atoms. The summed E-state index contributed by atoms with van der Waals surface area (Å²) in [5.74, 6) is 0.529. The highest BCUT2D eigenvalue weighted by atomic mass is 32.1. The van der Waals surface area contributed by atoms with Gasteiger partial charge < -0.3 is 15.8 Å². The van der Waals surface area contributed by atoms with E-state index in [2.05, 4.69) is 20.8 Å². The van der Waals surface area contributed by atoms with Crippen molar-refractivity contribution in [3.8, 4) is 0 Å². The molecule has 22 heavy (non-hydrogen) atoms. The van der Waals surface area contributed by atoms with E-state index >= 15 is 0 Å². The largest absolute Gasteiger partial charge is 0.444 e. The highest BCUT2D eigenvalue weighted by Gasteiger charge is 2.17. The van der Waals surface area contributed by atoms with E-state index in [-0.39, 0.29) is 0 Å². The van der Waals surface area contributed by atoms with Gasteiger partial charge in [0.25, 0.3) is 0 Å². The molecule has 2 heterocycles. The van der Waals surface area contributed by atoms with Gasteiger partial charge in [0.1, 0.15) is 11.4 Å². The standard InChI is InChI=1S/C14H21N5O2S/c1-14(2,3)21-13(20)18-12-9(7-17-19-12)6-16-8-11-10(15)4-5-22-11/h4-5,7,16H,6,8,15H2,1-3H3,(H2,17,18,19,20). The number of anilines is 2. The smallest absolute Gasteiger partial charge is 0.413 e. The van der Waals surface area contributed by atoms with Crippen LogP contribution in [0.3, 0.4) is 0 Å². The Bertz CT molecular complexity index is 629. The van der Waals surface area contributed by atoms with Crippen molar-refractivity contribution < 1.29 is 9.53 Å². The second kappa shape index (κ2) is 6.80. The third-order valence-electron chi connectivity index (χ3n) is 2.72. The number of rotatable bonds is 5. The molecule has 7 nitrogen and oxygen atoms in total. The van der Waals surface area contributed by atoms with E-state index in [4.69, 9.17) is 10.5 Å². The van der Waals surface area contributed by atoms with E-state index < -0.39 is 11.7 Å². The van der Waals surface area contributed by atoms with Crippen molar-refractivity contribution in [1.29, 1.82) is 0 Å². The van der Waals surface area contributed by atoms with Crippen LogP contribution in [0.2, 0.25) is 0 Å². The first-order valence-corrected chi connectivity index (χ1v) is 7.78. The molecule has 0 atom stereocenters. The predicted octanol–water partition coefficient (Wildman–Crippen LogP) is 2.69. The summed E-state index contributed by atoms with van der Waals surface area (Å²) in [6.07, 6.45) is 1.15. The number of amides is 1. The minimum Gasteiger partial charge on any atom is -0.444 e. The number of carbonyl (C=O) groups excluding carboxylic acids is 1. The van der Waals surface area contributed by atoms with Crippen LogP contribution in [0.15, 0.2) is 17.6 Å². The molecule has 2 aromatic heterocycles. The van der Waals surface area contributed by atoms with Crippen molar-refractivity contribution >= 4 is 28.9 Å². The van der Waals surface area contributed by atoms with Gasteiger partial charge in [0.15, 0.2) is 0 Å². The molecule has 2 rings (SSSR count). The number of nitrogen functional groups attached to an aromatic ring is 1. The number of hydrogen-bond acceptors (Lipinski definition) is 6. The van der Waals surface area contributed by atoms with Gasteiger partial charge in [0.2, 0.25) is 0 Å². The summed E-state index contributed by atoms with van der Waals surface area (Å²) < 4.78 is 5.21. The monoisotopic (exact) mass is 323 g/mol. The summed E-state index contributed by atoms with van der Waals surface area (Å²) in [6, 6.07) is 1.88. The molecule has 0 aliphatic rings. The molecule has 5 N–H and O–H groups in total. The summed E-state index contributed by atoms with van der Waals surface area (Å²) in [5, 5.41) is 14.6. The third-order valence-corrected chi connectivity index (χ3v) is 3.66. The molecule has 120 valence electrons. The van der Waals surface area contributed by atoms with Crippen molar-refractivity contribution in [3.63, 3.8) is 0 Å². The summed E-state index contributed by atoms with van der Waals surface area (Å²) in [4.78, 5) is 12.9. The lowest BCUT2D eigenvalue weighted by Crippen LogP contribution is -2.27. The molecular weight excluding hydrogens is 302 g/mol. The Kier molecular flexibility index (Phi) is 5.04. The number of hydrogen-bond donors (Lipinski definition) is 4. The van der Waals surface area contributed by atoms with Crippen LogP contribution in [0.25, 0.3) is 0 Å². The number of thiophene rings is 1. The average molecular weight is 323 g/mol. The van der Waals surface area contributed by atoms with Crippen molar-refractivity contribution in [1.82, 2.24) is 15.5 Å². The van der Waals surface area contributed by atoms with Gasteiger partial charge in [-0.05, 0) is 32.2 Å². The van der Waals surface area contributed by atoms with Crippen molar-refractivity contribution in [2.45, 2.75) is 39.5 Å². The molecule has 8 heteroatoms. The van der Waals surface area contributed by atoms with Gasteiger partial charge in [-0.3, -0.25) is 10.4 Å². The fraction of sp³-hybridized carbons (Fsp3) is 0.429. The van der Waals surface area contributed by atoms with E-state index in [9.17, 15) is 4.79 Å². The molecule has 0 aromatic carbocycles. The van der Waals surface area contributed by atoms with E-state index in [1.807, 2.05) is 32.2 Å². The molecular formula is C14H21N5O2S. The fourth-order valence-corrected chi connectivity index (χ4v) is 2.53. The molecule has 0 saturated heterocycles. The topological polar surface area (TPSA) is 105 Å². The second-order valence-corrected chi connectivity index (χ2v) is 6.80. The minimum atomic E-state index is -0.542. The van der Waals surface area contributed by atoms with Crippen LogP contribution in [-0.2, 0) is 17.8 Å². The number of aromatic nitrogens is 2. The third kappa shape index (κ3) is 4.74. The van der Waals surface area contributed by atoms with E-state index in [1.54, 1.807) is 17.5 Å². The van der Waals surface area contributed by atoms with E-state index in [0.29, 0.717) is 18.9 Å². The van der Waals surface area contributed by atoms with Crippen LogP contribution in [0.4, 0.5) is 16.3 Å². The molecule has 0 radical (unpaired) electrons. The van der Waals surface area contributed by atoms with Gasteiger partial charge in [0.05, 0.1) is 6.20 Å². The molecule has 0 fully saturated rings. The van der Waals surface area contributed by atoms with Crippen molar-refractivity contribution in [2.75, 3.05) is 11.1 Å². The Morgan fingerprint density at radius 2 is 2.23 bits per heavy atom. The lowest BCUT2D eigenvalue weighted by atomic mass is 10.2. The predicted molar refractivity (Wildman–Crippen MR) is 87.7 cm³/mol. The zero-order valence-corrected chi connectivity index (χ0v) is 13.7. The average Bonchev–Trinajstić information content (AvgIpc) is 2.98. The molecule has 0 aliphatic carbocycles. The zero-order chi connectivity index (χ0) is 16.2. The molecule has 0 spiro atoms. The SMILES string of the molecule is CC(C)(C)OC(=O)Nc1[nH]ncc1CNCc1sccc1N. The first-order valence-electron chi connectivity index (χ1n) is 6.90. The quantitative estimate of drug-likeness (QED) is 0.677. The number of nitrogens with one attached hydrogen (secondary N) is 3. The number of ether oxygens (including phenoxy) is 1. The maximum atomic E-state index is 11.8. The maximum Gasteiger partial charge on any atom is 0.413 e. The summed E-state index contributed by atoms with van der Waals surface area (Å²) in [6.45, 7) is 6.66. The van der Waals surface area contributed by atoms with Crippen LogP contribution in [0.5, 0.6) is 0 Å². The number of nitrogens with zero attached hydrogens (tertiary/aromatic N) is 1. The van der Waals surface area contributed by atoms with Crippen molar-refractivity contribution in [2.24, 2.45) is 0 Å². The minimum absolute atomic E-state index is 0.513. The van der Waals surface area contributed by atoms with Crippen molar-refractivity contribution in [3.05, 3.63) is 28.1 Å². The first-order chi connectivity index (χ1) is 10.3. The van der Waals surface area contributed by atoms with Gasteiger partial charge in [-0.2, -0.15) is 5.10 Å². The normalized spacial score (nSPS) is 11.4. The Morgan fingerprint density at radius 1 is 1.45 bits per heavy atom. The van der Waals surface area contributed by atoms with Gasteiger partial charge in [-0.1, -0.05) is 0 Å². The number of nitrogens with two attached hydrogens (primary N) is 1.